The van der Waals surface area contributed by atoms with Gasteiger partial charge in [-0.05, 0) is 44.4 Å². The molecule has 2 saturated carbocycles. The summed E-state index contributed by atoms with van der Waals surface area (Å²) in [7, 11) is -3.18. The molecule has 0 saturated heterocycles. The summed E-state index contributed by atoms with van der Waals surface area (Å²) in [5.41, 5.74) is 0. The van der Waals surface area contributed by atoms with E-state index in [-0.39, 0.29) is 5.75 Å². The minimum Gasteiger partial charge on any atom is -0.357 e. The van der Waals surface area contributed by atoms with E-state index in [2.05, 4.69) is 20.3 Å². The zero-order valence-electron chi connectivity index (χ0n) is 12.9. The van der Waals surface area contributed by atoms with Gasteiger partial charge in [-0.2, -0.15) is 0 Å². The maximum absolute atomic E-state index is 11.9. The van der Waals surface area contributed by atoms with Crippen LogP contribution in [-0.2, 0) is 10.0 Å². The van der Waals surface area contributed by atoms with Gasteiger partial charge in [0.2, 0.25) is 10.0 Å². The number of hydrogen-bond acceptors (Lipinski definition) is 3. The van der Waals surface area contributed by atoms with Crippen molar-refractivity contribution < 1.29 is 8.42 Å². The number of guanidine groups is 1. The topological polar surface area (TPSA) is 82.6 Å². The van der Waals surface area contributed by atoms with Gasteiger partial charge < -0.3 is 10.6 Å². The van der Waals surface area contributed by atoms with Crippen molar-refractivity contribution in [2.24, 2.45) is 16.8 Å². The lowest BCUT2D eigenvalue weighted by Crippen LogP contribution is -2.42. The van der Waals surface area contributed by atoms with E-state index in [9.17, 15) is 8.42 Å². The van der Waals surface area contributed by atoms with Crippen molar-refractivity contribution in [1.29, 1.82) is 0 Å². The molecule has 0 aliphatic heterocycles. The summed E-state index contributed by atoms with van der Waals surface area (Å²) >= 11 is 0. The van der Waals surface area contributed by atoms with E-state index in [1.54, 1.807) is 0 Å². The normalized spacial score (nSPS) is 20.1. The number of nitrogens with zero attached hydrogens (tertiary/aromatic N) is 1. The van der Waals surface area contributed by atoms with Gasteiger partial charge in [-0.15, -0.1) is 0 Å². The molecule has 2 rings (SSSR count). The molecule has 21 heavy (non-hydrogen) atoms. The number of nitrogens with one attached hydrogen (secondary N) is 3. The number of rotatable bonds is 9. The Bertz CT molecular complexity index is 442. The fourth-order valence-corrected chi connectivity index (χ4v) is 3.19. The molecule has 2 fully saturated rings. The van der Waals surface area contributed by atoms with Crippen molar-refractivity contribution >= 4 is 16.0 Å². The molecule has 0 aromatic rings. The first-order valence-electron chi connectivity index (χ1n) is 8.08. The van der Waals surface area contributed by atoms with Crippen LogP contribution in [0, 0.1) is 11.8 Å². The summed E-state index contributed by atoms with van der Waals surface area (Å²) < 4.78 is 26.5. The molecule has 0 atom stereocenters. The number of aliphatic imine (C=N–C) groups is 1. The van der Waals surface area contributed by atoms with Crippen LogP contribution in [0.2, 0.25) is 0 Å². The molecule has 0 amide bonds. The predicted octanol–water partition coefficient (Wildman–Crippen LogP) is 0.671. The molecule has 2 aliphatic carbocycles. The van der Waals surface area contributed by atoms with Gasteiger partial charge in [-0.25, -0.2) is 13.1 Å². The molecular weight excluding hydrogens is 288 g/mol. The Hall–Kier alpha value is -0.820. The first kappa shape index (κ1) is 16.5. The lowest BCUT2D eigenvalue weighted by molar-refractivity contribution is 0.316. The van der Waals surface area contributed by atoms with Gasteiger partial charge in [0.15, 0.2) is 5.96 Å². The SMILES string of the molecule is CCNC(=NCC1CC1)NCCS(=O)(=O)NCC1CCC1. The van der Waals surface area contributed by atoms with Gasteiger partial charge in [0.05, 0.1) is 5.75 Å². The van der Waals surface area contributed by atoms with Crippen molar-refractivity contribution in [1.82, 2.24) is 15.4 Å². The van der Waals surface area contributed by atoms with Gasteiger partial charge in [0, 0.05) is 26.2 Å². The van der Waals surface area contributed by atoms with Crippen molar-refractivity contribution in [3.8, 4) is 0 Å². The van der Waals surface area contributed by atoms with E-state index in [1.807, 2.05) is 6.92 Å². The lowest BCUT2D eigenvalue weighted by atomic mass is 9.86. The largest absolute Gasteiger partial charge is 0.357 e. The molecule has 3 N–H and O–H groups in total. The molecule has 0 spiro atoms. The van der Waals surface area contributed by atoms with Gasteiger partial charge in [0.1, 0.15) is 0 Å². The average molecular weight is 316 g/mol. The van der Waals surface area contributed by atoms with Gasteiger partial charge in [0.25, 0.3) is 0 Å². The standard InChI is InChI=1S/C14H28N4O2S/c1-2-15-14(17-10-13-6-7-13)16-8-9-21(19,20)18-11-12-4-3-5-12/h12-13,18H,2-11H2,1H3,(H2,15,16,17). The summed E-state index contributed by atoms with van der Waals surface area (Å²) in [6.07, 6.45) is 6.07. The summed E-state index contributed by atoms with van der Waals surface area (Å²) in [6.45, 7) is 4.60. The Kier molecular flexibility index (Phi) is 6.29. The molecule has 7 heteroatoms. The van der Waals surface area contributed by atoms with Crippen LogP contribution in [0.4, 0.5) is 0 Å². The van der Waals surface area contributed by atoms with E-state index in [0.717, 1.165) is 37.8 Å². The van der Waals surface area contributed by atoms with Crippen LogP contribution in [0.15, 0.2) is 4.99 Å². The van der Waals surface area contributed by atoms with Crippen molar-refractivity contribution in [2.45, 2.75) is 39.0 Å². The van der Waals surface area contributed by atoms with E-state index in [1.165, 1.54) is 19.3 Å². The minimum atomic E-state index is -3.18. The number of sulfonamides is 1. The second-order valence-electron chi connectivity index (χ2n) is 6.05. The second kappa shape index (κ2) is 7.98. The fraction of sp³-hybridized carbons (Fsp3) is 0.929. The van der Waals surface area contributed by atoms with Gasteiger partial charge in [-0.3, -0.25) is 4.99 Å². The van der Waals surface area contributed by atoms with Crippen LogP contribution in [0.25, 0.3) is 0 Å². The summed E-state index contributed by atoms with van der Waals surface area (Å²) in [4.78, 5) is 4.47. The molecule has 0 radical (unpaired) electrons. The maximum Gasteiger partial charge on any atom is 0.213 e. The molecule has 0 aromatic carbocycles. The van der Waals surface area contributed by atoms with Crippen molar-refractivity contribution in [3.63, 3.8) is 0 Å². The van der Waals surface area contributed by atoms with Crippen molar-refractivity contribution in [3.05, 3.63) is 0 Å². The molecule has 0 bridgehead atoms. The molecule has 6 nitrogen and oxygen atoms in total. The van der Waals surface area contributed by atoms with E-state index < -0.39 is 10.0 Å². The molecule has 2 aliphatic rings. The third kappa shape index (κ3) is 6.65. The Morgan fingerprint density at radius 2 is 1.90 bits per heavy atom. The Morgan fingerprint density at radius 3 is 2.48 bits per heavy atom. The highest BCUT2D eigenvalue weighted by Crippen LogP contribution is 2.28. The Morgan fingerprint density at radius 1 is 1.14 bits per heavy atom. The molecular formula is C14H28N4O2S. The summed E-state index contributed by atoms with van der Waals surface area (Å²) in [6, 6.07) is 0. The summed E-state index contributed by atoms with van der Waals surface area (Å²) in [5.74, 6) is 2.09. The predicted molar refractivity (Wildman–Crippen MR) is 85.8 cm³/mol. The monoisotopic (exact) mass is 316 g/mol. The quantitative estimate of drug-likeness (QED) is 0.431. The zero-order chi connectivity index (χ0) is 15.1. The highest BCUT2D eigenvalue weighted by molar-refractivity contribution is 7.89. The van der Waals surface area contributed by atoms with Crippen LogP contribution in [0.1, 0.15) is 39.0 Å². The molecule has 0 heterocycles. The lowest BCUT2D eigenvalue weighted by Gasteiger charge is -2.25. The fourth-order valence-electron chi connectivity index (χ4n) is 2.18. The highest BCUT2D eigenvalue weighted by atomic mass is 32.2. The average Bonchev–Trinajstić information content (AvgIpc) is 3.17. The second-order valence-corrected chi connectivity index (χ2v) is 7.98. The highest BCUT2D eigenvalue weighted by Gasteiger charge is 2.21. The van der Waals surface area contributed by atoms with Gasteiger partial charge in [-0.1, -0.05) is 6.42 Å². The number of hydrogen-bond donors (Lipinski definition) is 3. The van der Waals surface area contributed by atoms with E-state index in [4.69, 9.17) is 0 Å². The third-order valence-corrected chi connectivity index (χ3v) is 5.38. The van der Waals surface area contributed by atoms with Crippen molar-refractivity contribution in [2.75, 3.05) is 31.9 Å². The van der Waals surface area contributed by atoms with E-state index >= 15 is 0 Å². The van der Waals surface area contributed by atoms with Crippen LogP contribution in [-0.4, -0.2) is 46.3 Å². The maximum atomic E-state index is 11.9. The first-order valence-corrected chi connectivity index (χ1v) is 9.74. The van der Waals surface area contributed by atoms with Crippen LogP contribution in [0.5, 0.6) is 0 Å². The van der Waals surface area contributed by atoms with Crippen LogP contribution >= 0.6 is 0 Å². The Labute approximate surface area is 128 Å². The summed E-state index contributed by atoms with van der Waals surface area (Å²) in [5, 5.41) is 6.24. The zero-order valence-corrected chi connectivity index (χ0v) is 13.7. The minimum absolute atomic E-state index is 0.0908. The van der Waals surface area contributed by atoms with Crippen LogP contribution in [0.3, 0.4) is 0 Å². The molecule has 122 valence electrons. The van der Waals surface area contributed by atoms with E-state index in [0.29, 0.717) is 19.0 Å². The smallest absolute Gasteiger partial charge is 0.213 e. The van der Waals surface area contributed by atoms with Crippen LogP contribution < -0.4 is 15.4 Å². The van der Waals surface area contributed by atoms with Gasteiger partial charge >= 0.3 is 0 Å². The molecule has 0 unspecified atom stereocenters. The molecule has 0 aromatic heterocycles. The third-order valence-electron chi connectivity index (χ3n) is 4.03. The first-order chi connectivity index (χ1) is 10.1. The Balaban J connectivity index is 1.65.